The molecule has 0 bridgehead atoms. The van der Waals surface area contributed by atoms with Gasteiger partial charge in [-0.3, -0.25) is 4.79 Å². The molecule has 0 saturated carbocycles. The Hall–Kier alpha value is -2.34. The van der Waals surface area contributed by atoms with Crippen molar-refractivity contribution in [3.63, 3.8) is 0 Å². The first-order chi connectivity index (χ1) is 14.8. The second-order valence-electron chi connectivity index (χ2n) is 8.64. The molecule has 0 unspecified atom stereocenters. The fourth-order valence-electron chi connectivity index (χ4n) is 5.07. The van der Waals surface area contributed by atoms with E-state index >= 15 is 0 Å². The number of carbonyl (C=O) groups excluding carboxylic acids is 1. The number of carbonyl (C=O) groups is 1. The van der Waals surface area contributed by atoms with Gasteiger partial charge in [0.05, 0.1) is 5.56 Å². The summed E-state index contributed by atoms with van der Waals surface area (Å²) in [5.41, 5.74) is 3.55. The number of aryl methyl sites for hydroxylation is 2. The third kappa shape index (κ3) is 4.49. The highest BCUT2D eigenvalue weighted by Gasteiger charge is 2.40. The lowest BCUT2D eigenvalue weighted by Crippen LogP contribution is -2.55. The van der Waals surface area contributed by atoms with E-state index in [9.17, 15) is 18.0 Å². The second kappa shape index (κ2) is 8.65. The van der Waals surface area contributed by atoms with E-state index in [0.29, 0.717) is 13.1 Å². The van der Waals surface area contributed by atoms with Gasteiger partial charge in [0.25, 0.3) is 0 Å². The maximum Gasteiger partial charge on any atom is 0.416 e. The lowest BCUT2D eigenvalue weighted by Gasteiger charge is -2.46. The third-order valence-corrected chi connectivity index (χ3v) is 6.85. The van der Waals surface area contributed by atoms with Crippen LogP contribution in [0.25, 0.3) is 0 Å². The van der Waals surface area contributed by atoms with Crippen molar-refractivity contribution in [2.24, 2.45) is 0 Å². The maximum absolute atomic E-state index is 13.2. The quantitative estimate of drug-likeness (QED) is 0.751. The molecule has 2 aliphatic heterocycles. The molecule has 2 aromatic rings. The number of nitrogens with one attached hydrogen (secondary N) is 1. The lowest BCUT2D eigenvalue weighted by atomic mass is 9.75. The number of fused-ring (bicyclic) bond motifs is 2. The number of alkyl halides is 3. The molecule has 1 saturated heterocycles. The predicted octanol–water partition coefficient (Wildman–Crippen LogP) is 4.86. The first-order valence-corrected chi connectivity index (χ1v) is 11.1. The summed E-state index contributed by atoms with van der Waals surface area (Å²) >= 11 is 0. The smallest absolute Gasteiger partial charge is 0.343 e. The Morgan fingerprint density at radius 2 is 1.87 bits per heavy atom. The Balaban J connectivity index is 1.40. The van der Waals surface area contributed by atoms with Gasteiger partial charge in [-0.15, -0.1) is 0 Å². The summed E-state index contributed by atoms with van der Waals surface area (Å²) in [4.78, 5) is 14.6. The summed E-state index contributed by atoms with van der Waals surface area (Å²) < 4.78 is 39.6. The molecule has 1 fully saturated rings. The monoisotopic (exact) mass is 430 g/mol. The Labute approximate surface area is 181 Å². The summed E-state index contributed by atoms with van der Waals surface area (Å²) in [5.74, 6) is -0.0656. The highest BCUT2D eigenvalue weighted by atomic mass is 19.4. The first kappa shape index (κ1) is 21.9. The number of rotatable bonds is 4. The number of piperidine rings is 1. The zero-order valence-electron chi connectivity index (χ0n) is 17.9. The number of halogens is 3. The Morgan fingerprint density at radius 1 is 1.13 bits per heavy atom. The van der Waals surface area contributed by atoms with Crippen molar-refractivity contribution in [2.45, 2.75) is 57.2 Å². The molecule has 2 heterocycles. The number of amides is 1. The van der Waals surface area contributed by atoms with Crippen LogP contribution in [0.4, 0.5) is 13.2 Å². The van der Waals surface area contributed by atoms with Crippen molar-refractivity contribution in [1.29, 1.82) is 0 Å². The van der Waals surface area contributed by atoms with Gasteiger partial charge < -0.3 is 10.2 Å². The molecule has 1 spiro atoms. The van der Waals surface area contributed by atoms with Crippen LogP contribution in [-0.2, 0) is 35.8 Å². The van der Waals surface area contributed by atoms with Crippen LogP contribution in [0.5, 0.6) is 0 Å². The molecule has 0 atom stereocenters. The highest BCUT2D eigenvalue weighted by Crippen LogP contribution is 2.38. The Morgan fingerprint density at radius 3 is 2.58 bits per heavy atom. The molecule has 2 aromatic carbocycles. The van der Waals surface area contributed by atoms with Crippen LogP contribution in [0, 0.1) is 0 Å². The van der Waals surface area contributed by atoms with E-state index in [1.807, 2.05) is 4.90 Å². The van der Waals surface area contributed by atoms with E-state index in [2.05, 4.69) is 30.4 Å². The molecule has 6 heteroatoms. The average Bonchev–Trinajstić information content (AvgIpc) is 2.77. The van der Waals surface area contributed by atoms with E-state index in [-0.39, 0.29) is 29.9 Å². The van der Waals surface area contributed by atoms with E-state index in [1.165, 1.54) is 28.8 Å². The van der Waals surface area contributed by atoms with Crippen molar-refractivity contribution < 1.29 is 18.0 Å². The zero-order chi connectivity index (χ0) is 22.1. The van der Waals surface area contributed by atoms with Gasteiger partial charge in [-0.2, -0.15) is 13.2 Å². The minimum atomic E-state index is -4.39. The predicted molar refractivity (Wildman–Crippen MR) is 115 cm³/mol. The molecule has 4 rings (SSSR count). The van der Waals surface area contributed by atoms with Crippen molar-refractivity contribution in [3.8, 4) is 0 Å². The summed E-state index contributed by atoms with van der Waals surface area (Å²) in [7, 11) is 0. The molecule has 166 valence electrons. The van der Waals surface area contributed by atoms with Gasteiger partial charge in [0.1, 0.15) is 0 Å². The van der Waals surface area contributed by atoms with Crippen LogP contribution in [0.15, 0.2) is 42.5 Å². The molecule has 2 aliphatic rings. The van der Waals surface area contributed by atoms with Crippen LogP contribution in [-0.4, -0.2) is 30.4 Å². The molecule has 1 amide bonds. The summed E-state index contributed by atoms with van der Waals surface area (Å²) in [6.45, 7) is 4.35. The van der Waals surface area contributed by atoms with Crippen LogP contribution in [0.3, 0.4) is 0 Å². The van der Waals surface area contributed by atoms with Gasteiger partial charge in [0.15, 0.2) is 0 Å². The minimum Gasteiger partial charge on any atom is -0.343 e. The fourth-order valence-corrected chi connectivity index (χ4v) is 5.07. The SMILES string of the molecule is CCc1ccc2c(c1)CCNC21CCN(C(=O)CCc2ccccc2C(F)(F)F)CC1. The molecular weight excluding hydrogens is 401 g/mol. The number of likely N-dealkylation sites (tertiary alicyclic amines) is 1. The molecule has 0 radical (unpaired) electrons. The normalized spacial score (nSPS) is 18.1. The molecular formula is C25H29F3N2O. The van der Waals surface area contributed by atoms with Gasteiger partial charge >= 0.3 is 6.18 Å². The van der Waals surface area contributed by atoms with Crippen LogP contribution < -0.4 is 5.32 Å². The number of nitrogens with zero attached hydrogens (tertiary/aromatic N) is 1. The van der Waals surface area contributed by atoms with Gasteiger partial charge in [-0.05, 0) is 60.4 Å². The number of hydrogen-bond acceptors (Lipinski definition) is 2. The van der Waals surface area contributed by atoms with E-state index in [1.54, 1.807) is 6.07 Å². The van der Waals surface area contributed by atoms with Crippen molar-refractivity contribution in [1.82, 2.24) is 10.2 Å². The van der Waals surface area contributed by atoms with Gasteiger partial charge in [-0.1, -0.05) is 43.3 Å². The molecule has 3 nitrogen and oxygen atoms in total. The Bertz CT molecular complexity index is 946. The van der Waals surface area contributed by atoms with Gasteiger partial charge in [0.2, 0.25) is 5.91 Å². The zero-order valence-corrected chi connectivity index (χ0v) is 17.9. The topological polar surface area (TPSA) is 32.3 Å². The fraction of sp³-hybridized carbons (Fsp3) is 0.480. The van der Waals surface area contributed by atoms with Crippen LogP contribution >= 0.6 is 0 Å². The van der Waals surface area contributed by atoms with Gasteiger partial charge in [0, 0.05) is 31.6 Å². The summed E-state index contributed by atoms with van der Waals surface area (Å²) in [6.07, 6.45) is -0.484. The van der Waals surface area contributed by atoms with Crippen LogP contribution in [0.1, 0.15) is 54.0 Å². The lowest BCUT2D eigenvalue weighted by molar-refractivity contribution is -0.139. The van der Waals surface area contributed by atoms with Crippen molar-refractivity contribution >= 4 is 5.91 Å². The highest BCUT2D eigenvalue weighted by molar-refractivity contribution is 5.76. The maximum atomic E-state index is 13.2. The molecule has 31 heavy (non-hydrogen) atoms. The average molecular weight is 431 g/mol. The summed E-state index contributed by atoms with van der Waals surface area (Å²) in [5, 5.41) is 3.71. The number of benzene rings is 2. The Kier molecular flexibility index (Phi) is 6.11. The molecule has 0 aliphatic carbocycles. The summed E-state index contributed by atoms with van der Waals surface area (Å²) in [6, 6.07) is 12.3. The van der Waals surface area contributed by atoms with E-state index in [4.69, 9.17) is 0 Å². The molecule has 0 aromatic heterocycles. The van der Waals surface area contributed by atoms with E-state index in [0.717, 1.165) is 38.3 Å². The van der Waals surface area contributed by atoms with Crippen molar-refractivity contribution in [3.05, 3.63) is 70.3 Å². The third-order valence-electron chi connectivity index (χ3n) is 6.85. The number of hydrogen-bond donors (Lipinski definition) is 1. The minimum absolute atomic E-state index is 0.0656. The second-order valence-corrected chi connectivity index (χ2v) is 8.64. The standard InChI is InChI=1S/C25H29F3N2O/c1-2-18-7-9-21-20(17-18)11-14-29-24(21)12-15-30(16-13-24)23(31)10-8-19-5-3-4-6-22(19)25(26,27)28/h3-7,9,17,29H,2,8,10-16H2,1H3. The van der Waals surface area contributed by atoms with Gasteiger partial charge in [-0.25, -0.2) is 0 Å². The first-order valence-electron chi connectivity index (χ1n) is 11.1. The largest absolute Gasteiger partial charge is 0.416 e. The van der Waals surface area contributed by atoms with Crippen molar-refractivity contribution in [2.75, 3.05) is 19.6 Å². The molecule has 1 N–H and O–H groups in total. The van der Waals surface area contributed by atoms with Crippen LogP contribution in [0.2, 0.25) is 0 Å². The van der Waals surface area contributed by atoms with E-state index < -0.39 is 11.7 Å².